The number of para-hydroxylation sites is 1. The van der Waals surface area contributed by atoms with Crippen LogP contribution in [-0.4, -0.2) is 140 Å². The lowest BCUT2D eigenvalue weighted by molar-refractivity contribution is -0.139. The molecule has 3 aromatic rings. The van der Waals surface area contributed by atoms with Gasteiger partial charge in [0.15, 0.2) is 0 Å². The zero-order valence-electron chi connectivity index (χ0n) is 32.3. The molecule has 2 aromatic carbocycles. The standard InChI is InChI=1S/C42H54Cl2N4O9/c1-46(23-35(50)40(54)41(55)36(51)25-49)39(53)24-47-16-18-48(19-17-47)38(52)9-5-2-6-27-20-34(44)28(21-33(27)43)26-56-42(13-14-42)32-22-45-15-12-30(32)31-7-3-4-8-37(31)57-29-10-11-29/h3-4,7-8,12,15,20-22,29,35-36,40-41,49-51,54-55H,2,5-6,9-11,13-14,16-19,23-26H2,1H3/t35-,36+,40+,41+/m0/s1. The van der Waals surface area contributed by atoms with E-state index < -0.39 is 36.6 Å². The summed E-state index contributed by atoms with van der Waals surface area (Å²) in [6, 6.07) is 13.9. The molecule has 0 unspecified atom stereocenters. The van der Waals surface area contributed by atoms with Crippen LogP contribution in [0.4, 0.5) is 0 Å². The molecular formula is C42H54Cl2N4O9. The molecular weight excluding hydrogens is 775 g/mol. The minimum atomic E-state index is -1.76. The van der Waals surface area contributed by atoms with E-state index in [0.717, 1.165) is 65.7 Å². The summed E-state index contributed by atoms with van der Waals surface area (Å²) in [6.45, 7) is 1.30. The Morgan fingerprint density at radius 1 is 0.930 bits per heavy atom. The summed E-state index contributed by atoms with van der Waals surface area (Å²) in [6.07, 6.45) is 3.77. The van der Waals surface area contributed by atoms with E-state index >= 15 is 0 Å². The molecule has 0 spiro atoms. The number of aryl methyl sites for hydroxylation is 1. The van der Waals surface area contributed by atoms with Gasteiger partial charge in [-0.1, -0.05) is 41.4 Å². The van der Waals surface area contributed by atoms with E-state index in [9.17, 15) is 30.0 Å². The van der Waals surface area contributed by atoms with Crippen LogP contribution in [0.1, 0.15) is 61.6 Å². The lowest BCUT2D eigenvalue weighted by Crippen LogP contribution is -2.53. The number of halogens is 2. The second-order valence-corrected chi connectivity index (χ2v) is 16.3. The number of benzene rings is 2. The van der Waals surface area contributed by atoms with Crippen LogP contribution in [0.5, 0.6) is 5.75 Å². The fourth-order valence-electron chi connectivity index (χ4n) is 7.17. The molecule has 15 heteroatoms. The first-order valence-corrected chi connectivity index (χ1v) is 20.5. The number of unbranched alkanes of at least 4 members (excludes halogenated alkanes) is 1. The maximum absolute atomic E-state index is 13.0. The van der Waals surface area contributed by atoms with Crippen molar-refractivity contribution < 1.29 is 44.6 Å². The number of likely N-dealkylation sites (N-methyl/N-ethyl adjacent to an activating group) is 1. The van der Waals surface area contributed by atoms with Crippen LogP contribution < -0.4 is 4.74 Å². The summed E-state index contributed by atoms with van der Waals surface area (Å²) < 4.78 is 12.9. The molecule has 2 aliphatic carbocycles. The number of hydrogen-bond donors (Lipinski definition) is 5. The van der Waals surface area contributed by atoms with Crippen molar-refractivity contribution in [3.05, 3.63) is 81.6 Å². The van der Waals surface area contributed by atoms with E-state index in [1.165, 1.54) is 11.9 Å². The molecule has 2 heterocycles. The van der Waals surface area contributed by atoms with Gasteiger partial charge in [-0.15, -0.1) is 0 Å². The van der Waals surface area contributed by atoms with Crippen LogP contribution >= 0.6 is 23.2 Å². The first kappa shape index (κ1) is 43.2. The number of amides is 2. The van der Waals surface area contributed by atoms with Crippen LogP contribution in [0.15, 0.2) is 54.9 Å². The molecule has 0 bridgehead atoms. The number of ether oxygens (including phenoxy) is 2. The van der Waals surface area contributed by atoms with Gasteiger partial charge in [0.05, 0.1) is 31.5 Å². The minimum Gasteiger partial charge on any atom is -0.490 e. The number of nitrogens with zero attached hydrogens (tertiary/aromatic N) is 4. The second-order valence-electron chi connectivity index (χ2n) is 15.5. The van der Waals surface area contributed by atoms with Crippen LogP contribution in [0.3, 0.4) is 0 Å². The van der Waals surface area contributed by atoms with Gasteiger partial charge in [-0.2, -0.15) is 0 Å². The Labute approximate surface area is 343 Å². The van der Waals surface area contributed by atoms with E-state index in [2.05, 4.69) is 11.1 Å². The molecule has 3 aliphatic rings. The molecule has 5 N–H and O–H groups in total. The number of aliphatic hydroxyl groups excluding tert-OH is 5. The van der Waals surface area contributed by atoms with Crippen LogP contribution in [0.2, 0.25) is 10.0 Å². The lowest BCUT2D eigenvalue weighted by atomic mass is 9.96. The monoisotopic (exact) mass is 828 g/mol. The quantitative estimate of drug-likeness (QED) is 0.105. The predicted molar refractivity (Wildman–Crippen MR) is 215 cm³/mol. The van der Waals surface area contributed by atoms with Gasteiger partial charge in [0, 0.05) is 79.8 Å². The molecule has 4 atom stereocenters. The third-order valence-corrected chi connectivity index (χ3v) is 11.8. The number of aromatic nitrogens is 1. The molecule has 3 fully saturated rings. The summed E-state index contributed by atoms with van der Waals surface area (Å²) >= 11 is 13.5. The summed E-state index contributed by atoms with van der Waals surface area (Å²) in [5.41, 5.74) is 4.41. The number of pyridine rings is 1. The number of aliphatic hydroxyl groups is 5. The van der Waals surface area contributed by atoms with Gasteiger partial charge in [0.2, 0.25) is 11.8 Å². The Balaban J connectivity index is 0.923. The molecule has 1 aliphatic heterocycles. The number of carbonyl (C=O) groups excluding carboxylic acids is 2. The van der Waals surface area contributed by atoms with Gasteiger partial charge in [0.1, 0.15) is 30.2 Å². The van der Waals surface area contributed by atoms with Gasteiger partial charge in [-0.05, 0) is 85.9 Å². The Morgan fingerprint density at radius 3 is 2.32 bits per heavy atom. The van der Waals surface area contributed by atoms with Crippen molar-refractivity contribution >= 4 is 35.0 Å². The molecule has 57 heavy (non-hydrogen) atoms. The number of hydrogen-bond acceptors (Lipinski definition) is 11. The Morgan fingerprint density at radius 2 is 1.61 bits per heavy atom. The number of carbonyl (C=O) groups is 2. The number of rotatable bonds is 20. The van der Waals surface area contributed by atoms with Crippen molar-refractivity contribution in [2.24, 2.45) is 0 Å². The Bertz CT molecular complexity index is 1840. The molecule has 13 nitrogen and oxygen atoms in total. The van der Waals surface area contributed by atoms with E-state index in [4.69, 9.17) is 37.8 Å². The molecule has 310 valence electrons. The lowest BCUT2D eigenvalue weighted by Gasteiger charge is -2.35. The maximum Gasteiger partial charge on any atom is 0.236 e. The van der Waals surface area contributed by atoms with Gasteiger partial charge >= 0.3 is 0 Å². The van der Waals surface area contributed by atoms with Crippen molar-refractivity contribution in [2.45, 2.75) is 94.1 Å². The molecule has 0 radical (unpaired) electrons. The summed E-state index contributed by atoms with van der Waals surface area (Å²) in [4.78, 5) is 35.2. The average Bonchev–Trinajstić information content (AvgIpc) is 4.17. The highest BCUT2D eigenvalue weighted by atomic mass is 35.5. The van der Waals surface area contributed by atoms with Crippen LogP contribution in [0, 0.1) is 0 Å². The molecule has 6 rings (SSSR count). The van der Waals surface area contributed by atoms with Crippen LogP contribution in [0.25, 0.3) is 11.1 Å². The Hall–Kier alpha value is -3.37. The molecule has 1 saturated heterocycles. The Kier molecular flexibility index (Phi) is 14.9. The van der Waals surface area contributed by atoms with Crippen molar-refractivity contribution in [1.29, 1.82) is 0 Å². The van der Waals surface area contributed by atoms with Crippen molar-refractivity contribution in [1.82, 2.24) is 19.7 Å². The summed E-state index contributed by atoms with van der Waals surface area (Å²) in [5, 5.41) is 49.7. The minimum absolute atomic E-state index is 0.0557. The smallest absolute Gasteiger partial charge is 0.236 e. The average molecular weight is 830 g/mol. The molecule has 1 aromatic heterocycles. The van der Waals surface area contributed by atoms with Gasteiger partial charge in [-0.3, -0.25) is 19.5 Å². The third kappa shape index (κ3) is 11.2. The van der Waals surface area contributed by atoms with Gasteiger partial charge in [-0.25, -0.2) is 0 Å². The zero-order chi connectivity index (χ0) is 40.7. The first-order chi connectivity index (χ1) is 27.4. The van der Waals surface area contributed by atoms with Crippen molar-refractivity contribution in [2.75, 3.05) is 52.9 Å². The van der Waals surface area contributed by atoms with Gasteiger partial charge in [0.25, 0.3) is 0 Å². The number of piperazine rings is 1. The third-order valence-electron chi connectivity index (χ3n) is 11.1. The van der Waals surface area contributed by atoms with Gasteiger partial charge < -0.3 is 44.8 Å². The second kappa shape index (κ2) is 19.6. The molecule has 2 saturated carbocycles. The zero-order valence-corrected chi connectivity index (χ0v) is 33.8. The topological polar surface area (TPSA) is 176 Å². The van der Waals surface area contributed by atoms with E-state index in [1.807, 2.05) is 47.5 Å². The van der Waals surface area contributed by atoms with E-state index in [-0.39, 0.29) is 31.0 Å². The first-order valence-electron chi connectivity index (χ1n) is 19.8. The fraction of sp³-hybridized carbons (Fsp3) is 0.548. The predicted octanol–water partition coefficient (Wildman–Crippen LogP) is 3.55. The molecule has 2 amide bonds. The largest absolute Gasteiger partial charge is 0.490 e. The fourth-order valence-corrected chi connectivity index (χ4v) is 7.69. The SMILES string of the molecule is CN(C[C@H](O)[C@@H](O)[C@H](O)[C@H](O)CO)C(=O)CN1CCN(C(=O)CCCCc2cc(Cl)c(COC3(c4cnccc4-c4ccccc4OC4CC4)CC3)cc2Cl)CC1. The maximum atomic E-state index is 13.0. The van der Waals surface area contributed by atoms with Crippen molar-refractivity contribution in [3.8, 4) is 16.9 Å². The highest BCUT2D eigenvalue weighted by Crippen LogP contribution is 2.53. The van der Waals surface area contributed by atoms with Crippen LogP contribution in [-0.2, 0) is 33.0 Å². The van der Waals surface area contributed by atoms with E-state index in [0.29, 0.717) is 62.1 Å². The summed E-state index contributed by atoms with van der Waals surface area (Å²) in [7, 11) is 1.47. The summed E-state index contributed by atoms with van der Waals surface area (Å²) in [5.74, 6) is 0.629. The normalized spacial score (nSPS) is 18.8. The van der Waals surface area contributed by atoms with Crippen molar-refractivity contribution in [3.63, 3.8) is 0 Å². The highest BCUT2D eigenvalue weighted by molar-refractivity contribution is 6.34. The van der Waals surface area contributed by atoms with E-state index in [1.54, 1.807) is 11.1 Å². The highest BCUT2D eigenvalue weighted by Gasteiger charge is 2.48.